The largest absolute Gasteiger partial charge is 0.313 e. The smallest absolute Gasteiger partial charge is 0.175 e. The Morgan fingerprint density at radius 1 is 1.14 bits per heavy atom. The SMILES string of the molecule is CNC(Cc1ccccc1Cl)c1cccc(S(C)(=O)=O)c1. The zero-order valence-corrected chi connectivity index (χ0v) is 13.6. The molecule has 2 aromatic carbocycles. The van der Waals surface area contributed by atoms with Gasteiger partial charge in [-0.2, -0.15) is 0 Å². The normalized spacial score (nSPS) is 13.1. The Morgan fingerprint density at radius 3 is 2.48 bits per heavy atom. The van der Waals surface area contributed by atoms with Gasteiger partial charge in [0.2, 0.25) is 0 Å². The average molecular weight is 324 g/mol. The Kier molecular flexibility index (Phi) is 5.04. The number of likely N-dealkylation sites (N-methyl/N-ethyl adjacent to an activating group) is 1. The van der Waals surface area contributed by atoms with Crippen LogP contribution in [0.5, 0.6) is 0 Å². The molecule has 21 heavy (non-hydrogen) atoms. The molecule has 0 fully saturated rings. The van der Waals surface area contributed by atoms with Crippen LogP contribution in [0.2, 0.25) is 5.02 Å². The minimum atomic E-state index is -3.20. The molecule has 0 radical (unpaired) electrons. The van der Waals surface area contributed by atoms with Gasteiger partial charge in [0.1, 0.15) is 0 Å². The lowest BCUT2D eigenvalue weighted by atomic mass is 9.99. The van der Waals surface area contributed by atoms with E-state index in [9.17, 15) is 8.42 Å². The quantitative estimate of drug-likeness (QED) is 0.918. The Hall–Kier alpha value is -1.36. The van der Waals surface area contributed by atoms with E-state index in [1.54, 1.807) is 18.2 Å². The second-order valence-electron chi connectivity index (χ2n) is 4.98. The summed E-state index contributed by atoms with van der Waals surface area (Å²) in [6.45, 7) is 0. The number of sulfone groups is 1. The van der Waals surface area contributed by atoms with Gasteiger partial charge in [0.25, 0.3) is 0 Å². The minimum absolute atomic E-state index is 0.00611. The molecule has 1 unspecified atom stereocenters. The first-order valence-electron chi connectivity index (χ1n) is 6.62. The van der Waals surface area contributed by atoms with Gasteiger partial charge < -0.3 is 5.32 Å². The lowest BCUT2D eigenvalue weighted by Gasteiger charge is -2.18. The van der Waals surface area contributed by atoms with Gasteiger partial charge in [0, 0.05) is 17.3 Å². The first kappa shape index (κ1) is 16.0. The monoisotopic (exact) mass is 323 g/mol. The summed E-state index contributed by atoms with van der Waals surface area (Å²) in [5.41, 5.74) is 1.96. The van der Waals surface area contributed by atoms with Crippen molar-refractivity contribution in [3.05, 3.63) is 64.7 Å². The van der Waals surface area contributed by atoms with Crippen molar-refractivity contribution in [2.24, 2.45) is 0 Å². The van der Waals surface area contributed by atoms with Gasteiger partial charge in [-0.1, -0.05) is 41.9 Å². The molecule has 0 aliphatic heterocycles. The minimum Gasteiger partial charge on any atom is -0.313 e. The maximum Gasteiger partial charge on any atom is 0.175 e. The molecular formula is C16H18ClNO2S. The maximum absolute atomic E-state index is 11.7. The molecule has 0 saturated heterocycles. The van der Waals surface area contributed by atoms with Gasteiger partial charge in [-0.3, -0.25) is 0 Å². The van der Waals surface area contributed by atoms with Crippen LogP contribution >= 0.6 is 11.6 Å². The van der Waals surface area contributed by atoms with Gasteiger partial charge in [0.15, 0.2) is 9.84 Å². The first-order valence-corrected chi connectivity index (χ1v) is 8.89. The molecule has 112 valence electrons. The van der Waals surface area contributed by atoms with Crippen molar-refractivity contribution in [3.8, 4) is 0 Å². The van der Waals surface area contributed by atoms with E-state index in [2.05, 4.69) is 5.32 Å². The zero-order valence-electron chi connectivity index (χ0n) is 12.0. The number of rotatable bonds is 5. The van der Waals surface area contributed by atoms with Crippen LogP contribution in [0.1, 0.15) is 17.2 Å². The van der Waals surface area contributed by atoms with Crippen LogP contribution in [0.3, 0.4) is 0 Å². The zero-order chi connectivity index (χ0) is 15.5. The van der Waals surface area contributed by atoms with E-state index in [4.69, 9.17) is 11.6 Å². The van der Waals surface area contributed by atoms with Crippen molar-refractivity contribution in [3.63, 3.8) is 0 Å². The Bertz CT molecular complexity index is 729. The predicted molar refractivity (Wildman–Crippen MR) is 86.5 cm³/mol. The van der Waals surface area contributed by atoms with Crippen molar-refractivity contribution in [1.29, 1.82) is 0 Å². The van der Waals surface area contributed by atoms with Crippen molar-refractivity contribution in [2.75, 3.05) is 13.3 Å². The highest BCUT2D eigenvalue weighted by molar-refractivity contribution is 7.90. The molecule has 0 aliphatic carbocycles. The van der Waals surface area contributed by atoms with Crippen LogP contribution in [0.4, 0.5) is 0 Å². The first-order chi connectivity index (χ1) is 9.91. The molecule has 1 atom stereocenters. The number of hydrogen-bond acceptors (Lipinski definition) is 3. The van der Waals surface area contributed by atoms with E-state index < -0.39 is 9.84 Å². The highest BCUT2D eigenvalue weighted by Gasteiger charge is 2.15. The maximum atomic E-state index is 11.7. The van der Waals surface area contributed by atoms with Crippen LogP contribution in [-0.4, -0.2) is 21.7 Å². The lowest BCUT2D eigenvalue weighted by molar-refractivity contribution is 0.587. The topological polar surface area (TPSA) is 46.2 Å². The molecule has 0 aliphatic rings. The van der Waals surface area contributed by atoms with Gasteiger partial charge in [-0.25, -0.2) is 8.42 Å². The Labute approximate surface area is 130 Å². The standard InChI is InChI=1S/C16H18ClNO2S/c1-18-16(11-12-6-3-4-9-15(12)17)13-7-5-8-14(10-13)21(2,19)20/h3-10,16,18H,11H2,1-2H3. The van der Waals surface area contributed by atoms with Crippen LogP contribution in [0, 0.1) is 0 Å². The summed E-state index contributed by atoms with van der Waals surface area (Å²) in [6, 6.07) is 14.7. The highest BCUT2D eigenvalue weighted by atomic mass is 35.5. The molecule has 3 nitrogen and oxygen atoms in total. The molecule has 0 bridgehead atoms. The van der Waals surface area contributed by atoms with Crippen LogP contribution < -0.4 is 5.32 Å². The second kappa shape index (κ2) is 6.60. The molecule has 2 aromatic rings. The summed E-state index contributed by atoms with van der Waals surface area (Å²) >= 11 is 6.19. The molecular weight excluding hydrogens is 306 g/mol. The third-order valence-electron chi connectivity index (χ3n) is 3.42. The fourth-order valence-electron chi connectivity index (χ4n) is 2.23. The van der Waals surface area contributed by atoms with E-state index in [0.29, 0.717) is 11.3 Å². The van der Waals surface area contributed by atoms with E-state index in [1.165, 1.54) is 6.26 Å². The van der Waals surface area contributed by atoms with Gasteiger partial charge in [-0.05, 0) is 42.8 Å². The molecule has 0 amide bonds. The van der Waals surface area contributed by atoms with Crippen molar-refractivity contribution in [2.45, 2.75) is 17.4 Å². The Balaban J connectivity index is 2.32. The summed E-state index contributed by atoms with van der Waals surface area (Å²) in [5, 5.41) is 3.94. The fraction of sp³-hybridized carbons (Fsp3) is 0.250. The summed E-state index contributed by atoms with van der Waals surface area (Å²) in [7, 11) is -1.35. The number of benzene rings is 2. The van der Waals surface area contributed by atoms with Gasteiger partial charge in [-0.15, -0.1) is 0 Å². The molecule has 5 heteroatoms. The lowest BCUT2D eigenvalue weighted by Crippen LogP contribution is -2.19. The van der Waals surface area contributed by atoms with E-state index in [0.717, 1.165) is 16.1 Å². The van der Waals surface area contributed by atoms with Crippen molar-refractivity contribution < 1.29 is 8.42 Å². The number of nitrogens with one attached hydrogen (secondary N) is 1. The van der Waals surface area contributed by atoms with Crippen LogP contribution in [0.15, 0.2) is 53.4 Å². The Morgan fingerprint density at radius 2 is 1.86 bits per heavy atom. The van der Waals surface area contributed by atoms with Gasteiger partial charge >= 0.3 is 0 Å². The average Bonchev–Trinajstić information content (AvgIpc) is 2.46. The van der Waals surface area contributed by atoms with E-state index in [-0.39, 0.29) is 6.04 Å². The third-order valence-corrected chi connectivity index (χ3v) is 4.90. The molecule has 0 aromatic heterocycles. The predicted octanol–water partition coefficient (Wildman–Crippen LogP) is 3.25. The van der Waals surface area contributed by atoms with Gasteiger partial charge in [0.05, 0.1) is 4.90 Å². The summed E-state index contributed by atoms with van der Waals surface area (Å²) in [5.74, 6) is 0. The summed E-state index contributed by atoms with van der Waals surface area (Å²) < 4.78 is 23.3. The second-order valence-corrected chi connectivity index (χ2v) is 7.40. The fourth-order valence-corrected chi connectivity index (χ4v) is 3.12. The number of halogens is 1. The number of hydrogen-bond donors (Lipinski definition) is 1. The van der Waals surface area contributed by atoms with Crippen LogP contribution in [-0.2, 0) is 16.3 Å². The molecule has 1 N–H and O–H groups in total. The van der Waals surface area contributed by atoms with Crippen molar-refractivity contribution >= 4 is 21.4 Å². The molecule has 0 saturated carbocycles. The van der Waals surface area contributed by atoms with E-state index in [1.807, 2.05) is 37.4 Å². The van der Waals surface area contributed by atoms with Crippen molar-refractivity contribution in [1.82, 2.24) is 5.32 Å². The summed E-state index contributed by atoms with van der Waals surface area (Å²) in [6.07, 6.45) is 1.91. The summed E-state index contributed by atoms with van der Waals surface area (Å²) in [4.78, 5) is 0.333. The molecule has 0 spiro atoms. The third kappa shape index (κ3) is 4.06. The van der Waals surface area contributed by atoms with Crippen LogP contribution in [0.25, 0.3) is 0 Å². The van der Waals surface area contributed by atoms with E-state index >= 15 is 0 Å². The molecule has 2 rings (SSSR count). The molecule has 0 heterocycles. The highest BCUT2D eigenvalue weighted by Crippen LogP contribution is 2.24.